The van der Waals surface area contributed by atoms with Gasteiger partial charge in [0.25, 0.3) is 0 Å². The molecule has 5 heteroatoms. The van der Waals surface area contributed by atoms with Gasteiger partial charge in [-0.15, -0.1) is 0 Å². The maximum Gasteiger partial charge on any atom is 0.206 e. The minimum absolute atomic E-state index is 0.00833. The molecule has 0 bridgehead atoms. The van der Waals surface area contributed by atoms with Crippen LogP contribution in [0.2, 0.25) is 5.02 Å². The predicted molar refractivity (Wildman–Crippen MR) is 72.9 cm³/mol. The van der Waals surface area contributed by atoms with Crippen molar-refractivity contribution in [3.63, 3.8) is 0 Å². The highest BCUT2D eigenvalue weighted by Gasteiger charge is 2.06. The summed E-state index contributed by atoms with van der Waals surface area (Å²) in [5.74, 6) is 5.98. The molecule has 0 aliphatic heterocycles. The standard InChI is InChI=1S/C12H19ClN4/c1-8(2)15-12(17-14)16-9(3)10-5-4-6-11(13)7-10/h4-9H,14H2,1-3H3,(H2,15,16,17). The van der Waals surface area contributed by atoms with Gasteiger partial charge in [-0.1, -0.05) is 23.7 Å². The van der Waals surface area contributed by atoms with Gasteiger partial charge >= 0.3 is 0 Å². The summed E-state index contributed by atoms with van der Waals surface area (Å²) in [5.41, 5.74) is 3.61. The first kappa shape index (κ1) is 13.8. The predicted octanol–water partition coefficient (Wildman–Crippen LogP) is 2.22. The Kier molecular flexibility index (Phi) is 5.25. The molecule has 1 rings (SSSR count). The first-order chi connectivity index (χ1) is 8.02. The molecule has 1 aromatic carbocycles. The molecule has 0 heterocycles. The third kappa shape index (κ3) is 4.63. The van der Waals surface area contributed by atoms with E-state index in [9.17, 15) is 0 Å². The zero-order chi connectivity index (χ0) is 12.8. The van der Waals surface area contributed by atoms with Crippen LogP contribution in [0.15, 0.2) is 29.3 Å². The number of rotatable bonds is 3. The van der Waals surface area contributed by atoms with Crippen LogP contribution in [-0.2, 0) is 0 Å². The number of nitrogens with one attached hydrogen (secondary N) is 2. The fourth-order valence-corrected chi connectivity index (χ4v) is 1.62. The van der Waals surface area contributed by atoms with Crippen LogP contribution >= 0.6 is 11.6 Å². The van der Waals surface area contributed by atoms with E-state index >= 15 is 0 Å². The summed E-state index contributed by atoms with van der Waals surface area (Å²) in [7, 11) is 0. The summed E-state index contributed by atoms with van der Waals surface area (Å²) < 4.78 is 0. The average Bonchev–Trinajstić information content (AvgIpc) is 2.27. The summed E-state index contributed by atoms with van der Waals surface area (Å²) in [6.07, 6.45) is 0. The lowest BCUT2D eigenvalue weighted by molar-refractivity contribution is 0.688. The topological polar surface area (TPSA) is 62.4 Å². The van der Waals surface area contributed by atoms with Gasteiger partial charge in [0.05, 0.1) is 6.04 Å². The second-order valence-electron chi connectivity index (χ2n) is 4.15. The average molecular weight is 255 g/mol. The Labute approximate surface area is 107 Å². The maximum absolute atomic E-state index is 5.94. The number of guanidine groups is 1. The van der Waals surface area contributed by atoms with Gasteiger partial charge in [0.2, 0.25) is 5.96 Å². The van der Waals surface area contributed by atoms with Gasteiger partial charge in [0.15, 0.2) is 0 Å². The smallest absolute Gasteiger partial charge is 0.206 e. The Hall–Kier alpha value is -1.26. The number of nitrogens with zero attached hydrogens (tertiary/aromatic N) is 1. The monoisotopic (exact) mass is 254 g/mol. The summed E-state index contributed by atoms with van der Waals surface area (Å²) in [6.45, 7) is 6.04. The van der Waals surface area contributed by atoms with Crippen molar-refractivity contribution in [2.24, 2.45) is 10.8 Å². The van der Waals surface area contributed by atoms with Crippen LogP contribution < -0.4 is 16.6 Å². The Balaban J connectivity index is 2.81. The van der Waals surface area contributed by atoms with E-state index in [0.29, 0.717) is 11.0 Å². The molecule has 0 aliphatic carbocycles. The molecule has 4 N–H and O–H groups in total. The number of hydrogen-bond acceptors (Lipinski definition) is 2. The van der Waals surface area contributed by atoms with Crippen molar-refractivity contribution in [1.29, 1.82) is 0 Å². The molecular weight excluding hydrogens is 236 g/mol. The second kappa shape index (κ2) is 6.47. The van der Waals surface area contributed by atoms with Crippen LogP contribution in [0, 0.1) is 0 Å². The van der Waals surface area contributed by atoms with Gasteiger partial charge in [-0.25, -0.2) is 10.8 Å². The lowest BCUT2D eigenvalue weighted by Crippen LogP contribution is -2.44. The molecule has 0 radical (unpaired) electrons. The molecule has 0 saturated heterocycles. The van der Waals surface area contributed by atoms with Gasteiger partial charge in [-0.3, -0.25) is 5.43 Å². The quantitative estimate of drug-likeness (QED) is 0.335. The zero-order valence-electron chi connectivity index (χ0n) is 10.4. The van der Waals surface area contributed by atoms with Gasteiger partial charge < -0.3 is 5.32 Å². The van der Waals surface area contributed by atoms with Crippen molar-refractivity contribution in [3.8, 4) is 0 Å². The molecular formula is C12H19ClN4. The van der Waals surface area contributed by atoms with Crippen LogP contribution in [0.1, 0.15) is 32.4 Å². The summed E-state index contributed by atoms with van der Waals surface area (Å²) in [5, 5.41) is 3.84. The molecule has 0 saturated carbocycles. The van der Waals surface area contributed by atoms with E-state index in [1.165, 1.54) is 0 Å². The lowest BCUT2D eigenvalue weighted by atomic mass is 10.1. The van der Waals surface area contributed by atoms with Crippen molar-refractivity contribution in [3.05, 3.63) is 34.9 Å². The highest BCUT2D eigenvalue weighted by atomic mass is 35.5. The van der Waals surface area contributed by atoms with E-state index in [2.05, 4.69) is 15.7 Å². The van der Waals surface area contributed by atoms with Gasteiger partial charge in [-0.2, -0.15) is 0 Å². The molecule has 1 aromatic rings. The number of hydrazine groups is 1. The number of hydrogen-bond donors (Lipinski definition) is 3. The fourth-order valence-electron chi connectivity index (χ4n) is 1.42. The Morgan fingerprint density at radius 1 is 1.35 bits per heavy atom. The Morgan fingerprint density at radius 3 is 2.59 bits per heavy atom. The highest BCUT2D eigenvalue weighted by Crippen LogP contribution is 2.20. The summed E-state index contributed by atoms with van der Waals surface area (Å²) in [4.78, 5) is 4.46. The van der Waals surface area contributed by atoms with E-state index in [4.69, 9.17) is 17.4 Å². The van der Waals surface area contributed by atoms with Crippen molar-refractivity contribution < 1.29 is 0 Å². The molecule has 0 fully saturated rings. The highest BCUT2D eigenvalue weighted by molar-refractivity contribution is 6.30. The fraction of sp³-hybridized carbons (Fsp3) is 0.417. The largest absolute Gasteiger partial charge is 0.353 e. The normalized spacial score (nSPS) is 13.6. The lowest BCUT2D eigenvalue weighted by Gasteiger charge is -2.15. The van der Waals surface area contributed by atoms with Crippen LogP contribution in [0.4, 0.5) is 0 Å². The Bertz CT molecular complexity index is 390. The van der Waals surface area contributed by atoms with E-state index in [0.717, 1.165) is 5.56 Å². The van der Waals surface area contributed by atoms with Crippen LogP contribution in [-0.4, -0.2) is 12.0 Å². The van der Waals surface area contributed by atoms with Crippen molar-refractivity contribution in [1.82, 2.24) is 10.7 Å². The van der Waals surface area contributed by atoms with Crippen LogP contribution in [0.5, 0.6) is 0 Å². The zero-order valence-corrected chi connectivity index (χ0v) is 11.1. The van der Waals surface area contributed by atoms with Crippen molar-refractivity contribution in [2.45, 2.75) is 32.9 Å². The second-order valence-corrected chi connectivity index (χ2v) is 4.59. The molecule has 4 nitrogen and oxygen atoms in total. The molecule has 0 aliphatic rings. The number of aliphatic imine (C=N–C) groups is 1. The number of benzene rings is 1. The maximum atomic E-state index is 5.94. The van der Waals surface area contributed by atoms with Crippen LogP contribution in [0.3, 0.4) is 0 Å². The third-order valence-corrected chi connectivity index (χ3v) is 2.45. The third-order valence-electron chi connectivity index (χ3n) is 2.22. The first-order valence-electron chi connectivity index (χ1n) is 5.59. The molecule has 0 amide bonds. The SMILES string of the molecule is CC(C)NC(=NC(C)c1cccc(Cl)c1)NN. The summed E-state index contributed by atoms with van der Waals surface area (Å²) in [6, 6.07) is 7.91. The molecule has 0 aromatic heterocycles. The van der Waals surface area contributed by atoms with Crippen molar-refractivity contribution in [2.75, 3.05) is 0 Å². The van der Waals surface area contributed by atoms with Crippen LogP contribution in [0.25, 0.3) is 0 Å². The molecule has 17 heavy (non-hydrogen) atoms. The number of halogens is 1. The minimum Gasteiger partial charge on any atom is -0.353 e. The molecule has 1 atom stereocenters. The molecule has 0 spiro atoms. The molecule has 1 unspecified atom stereocenters. The molecule has 94 valence electrons. The van der Waals surface area contributed by atoms with E-state index in [-0.39, 0.29) is 12.1 Å². The van der Waals surface area contributed by atoms with Gasteiger partial charge in [-0.05, 0) is 38.5 Å². The number of nitrogens with two attached hydrogens (primary N) is 1. The van der Waals surface area contributed by atoms with Gasteiger partial charge in [0, 0.05) is 11.1 Å². The van der Waals surface area contributed by atoms with Gasteiger partial charge in [0.1, 0.15) is 0 Å². The van der Waals surface area contributed by atoms with Crippen molar-refractivity contribution >= 4 is 17.6 Å². The van der Waals surface area contributed by atoms with E-state index in [1.807, 2.05) is 45.0 Å². The van der Waals surface area contributed by atoms with E-state index in [1.54, 1.807) is 0 Å². The Morgan fingerprint density at radius 2 is 2.06 bits per heavy atom. The minimum atomic E-state index is -0.00833. The summed E-state index contributed by atoms with van der Waals surface area (Å²) >= 11 is 5.94. The first-order valence-corrected chi connectivity index (χ1v) is 5.97. The van der Waals surface area contributed by atoms with E-state index < -0.39 is 0 Å².